The van der Waals surface area contributed by atoms with Crippen LogP contribution in [-0.2, 0) is 16.1 Å². The van der Waals surface area contributed by atoms with E-state index in [-0.39, 0.29) is 12.3 Å². The van der Waals surface area contributed by atoms with Crippen LogP contribution in [0.25, 0.3) is 32.9 Å². The van der Waals surface area contributed by atoms with E-state index in [1.807, 2.05) is 73.7 Å². The Balaban J connectivity index is 1.52. The molecule has 5 rings (SSSR count). The highest BCUT2D eigenvalue weighted by atomic mass is 16.5. The highest BCUT2D eigenvalue weighted by Gasteiger charge is 2.20. The van der Waals surface area contributed by atoms with Crippen LogP contribution in [0.15, 0.2) is 72.9 Å². The number of anilines is 1. The molecule has 0 atom stereocenters. The number of nitrogens with one attached hydrogen (secondary N) is 2. The Labute approximate surface area is 224 Å². The van der Waals surface area contributed by atoms with E-state index in [1.165, 1.54) is 0 Å². The van der Waals surface area contributed by atoms with Crippen molar-refractivity contribution in [1.82, 2.24) is 9.97 Å². The first-order chi connectivity index (χ1) is 19.0. The maximum absolute atomic E-state index is 12.6. The molecule has 0 unspecified atom stereocenters. The number of H-pyrrole nitrogens is 1. The van der Waals surface area contributed by atoms with Gasteiger partial charge in [0.1, 0.15) is 19.0 Å². The number of nitrogens with two attached hydrogens (primary N) is 1. The third kappa shape index (κ3) is 5.39. The third-order valence-electron chi connectivity index (χ3n) is 6.46. The molecule has 0 spiro atoms. The number of aromatic nitrogens is 2. The summed E-state index contributed by atoms with van der Waals surface area (Å²) in [4.78, 5) is 32.5. The number of ether oxygens (including phenoxy) is 3. The molecule has 2 amide bonds. The Morgan fingerprint density at radius 3 is 2.59 bits per heavy atom. The van der Waals surface area contributed by atoms with Crippen LogP contribution in [-0.4, -0.2) is 42.3 Å². The molecule has 39 heavy (non-hydrogen) atoms. The van der Waals surface area contributed by atoms with Crippen molar-refractivity contribution >= 4 is 39.5 Å². The van der Waals surface area contributed by atoms with E-state index in [1.54, 1.807) is 13.3 Å². The number of rotatable bonds is 9. The van der Waals surface area contributed by atoms with Crippen molar-refractivity contribution in [2.75, 3.05) is 25.6 Å². The molecule has 2 heterocycles. The Morgan fingerprint density at radius 1 is 1.00 bits per heavy atom. The number of methoxy groups -OCH3 is 1. The molecule has 4 N–H and O–H groups in total. The van der Waals surface area contributed by atoms with Gasteiger partial charge in [0.05, 0.1) is 17.6 Å². The molecule has 0 aliphatic heterocycles. The van der Waals surface area contributed by atoms with E-state index >= 15 is 0 Å². The molecule has 2 aromatic heterocycles. The van der Waals surface area contributed by atoms with Gasteiger partial charge in [-0.05, 0) is 41.8 Å². The molecule has 0 saturated carbocycles. The molecule has 0 radical (unpaired) electrons. The van der Waals surface area contributed by atoms with Gasteiger partial charge in [-0.25, -0.2) is 9.78 Å². The van der Waals surface area contributed by atoms with Crippen LogP contribution in [0.4, 0.5) is 10.5 Å². The van der Waals surface area contributed by atoms with Crippen LogP contribution in [0.3, 0.4) is 0 Å². The van der Waals surface area contributed by atoms with E-state index in [0.29, 0.717) is 30.2 Å². The van der Waals surface area contributed by atoms with E-state index < -0.39 is 12.0 Å². The zero-order valence-electron chi connectivity index (χ0n) is 21.6. The van der Waals surface area contributed by atoms with Crippen molar-refractivity contribution in [3.8, 4) is 16.9 Å². The Bertz CT molecular complexity index is 1660. The summed E-state index contributed by atoms with van der Waals surface area (Å²) in [6.07, 6.45) is 1.08. The molecule has 0 aliphatic carbocycles. The summed E-state index contributed by atoms with van der Waals surface area (Å²) < 4.78 is 16.2. The lowest BCUT2D eigenvalue weighted by molar-refractivity contribution is 0.0997. The second-order valence-corrected chi connectivity index (χ2v) is 8.97. The summed E-state index contributed by atoms with van der Waals surface area (Å²) in [7, 11) is 1.62. The minimum Gasteiger partial charge on any atom is -0.491 e. The first-order valence-electron chi connectivity index (χ1n) is 12.4. The number of primary amides is 1. The Hall–Kier alpha value is -4.89. The average molecular weight is 525 g/mol. The summed E-state index contributed by atoms with van der Waals surface area (Å²) in [6.45, 7) is 2.95. The van der Waals surface area contributed by atoms with Gasteiger partial charge in [0.25, 0.3) is 5.91 Å². The average Bonchev–Trinajstić information content (AvgIpc) is 3.32. The van der Waals surface area contributed by atoms with Crippen LogP contribution >= 0.6 is 0 Å². The SMILES string of the molecule is COCCOc1ccc2c(c1)[nH]c1c(C(N)=O)ncc(-c3cccc(NC(=O)OCc4ccccc4)c3C)c12. The van der Waals surface area contributed by atoms with E-state index in [9.17, 15) is 9.59 Å². The molecule has 0 fully saturated rings. The zero-order valence-corrected chi connectivity index (χ0v) is 21.6. The van der Waals surface area contributed by atoms with Crippen LogP contribution < -0.4 is 15.8 Å². The van der Waals surface area contributed by atoms with Crippen molar-refractivity contribution in [2.45, 2.75) is 13.5 Å². The van der Waals surface area contributed by atoms with Gasteiger partial charge in [0.2, 0.25) is 0 Å². The lowest BCUT2D eigenvalue weighted by Crippen LogP contribution is -2.15. The smallest absolute Gasteiger partial charge is 0.411 e. The normalized spacial score (nSPS) is 11.0. The summed E-state index contributed by atoms with van der Waals surface area (Å²) in [5.41, 5.74) is 11.0. The Morgan fingerprint density at radius 2 is 1.82 bits per heavy atom. The molecular weight excluding hydrogens is 496 g/mol. The number of carbonyl (C=O) groups excluding carboxylic acids is 2. The minimum absolute atomic E-state index is 0.142. The molecular formula is C30H28N4O5. The lowest BCUT2D eigenvalue weighted by atomic mass is 9.96. The van der Waals surface area contributed by atoms with Crippen molar-refractivity contribution in [3.63, 3.8) is 0 Å². The fraction of sp³-hybridized carbons (Fsp3) is 0.167. The van der Waals surface area contributed by atoms with E-state index in [4.69, 9.17) is 19.9 Å². The van der Waals surface area contributed by atoms with E-state index in [0.717, 1.165) is 38.5 Å². The van der Waals surface area contributed by atoms with Crippen molar-refractivity contribution in [3.05, 3.63) is 89.7 Å². The first kappa shape index (κ1) is 25.7. The molecule has 0 aliphatic rings. The lowest BCUT2D eigenvalue weighted by Gasteiger charge is -2.14. The number of amides is 2. The maximum atomic E-state index is 12.6. The van der Waals surface area contributed by atoms with Crippen LogP contribution in [0.2, 0.25) is 0 Å². The van der Waals surface area contributed by atoms with Gasteiger partial charge >= 0.3 is 6.09 Å². The number of fused-ring (bicyclic) bond motifs is 3. The van der Waals surface area contributed by atoms with Crippen molar-refractivity contribution < 1.29 is 23.8 Å². The highest BCUT2D eigenvalue weighted by Crippen LogP contribution is 2.39. The van der Waals surface area contributed by atoms with E-state index in [2.05, 4.69) is 15.3 Å². The molecule has 9 heteroatoms. The van der Waals surface area contributed by atoms with Crippen molar-refractivity contribution in [2.24, 2.45) is 5.73 Å². The predicted molar refractivity (Wildman–Crippen MR) is 150 cm³/mol. The van der Waals surface area contributed by atoms with Crippen LogP contribution in [0.1, 0.15) is 21.6 Å². The maximum Gasteiger partial charge on any atom is 0.411 e. The summed E-state index contributed by atoms with van der Waals surface area (Å²) in [5.74, 6) is 0.0283. The number of nitrogens with zero attached hydrogens (tertiary/aromatic N) is 1. The number of benzene rings is 3. The van der Waals surface area contributed by atoms with Gasteiger partial charge in [-0.1, -0.05) is 42.5 Å². The van der Waals surface area contributed by atoms with Gasteiger partial charge in [0.15, 0.2) is 5.69 Å². The molecule has 0 bridgehead atoms. The number of aromatic amines is 1. The van der Waals surface area contributed by atoms with Gasteiger partial charge in [-0.2, -0.15) is 0 Å². The largest absolute Gasteiger partial charge is 0.491 e. The number of hydrogen-bond acceptors (Lipinski definition) is 6. The first-order valence-corrected chi connectivity index (χ1v) is 12.4. The standard InChI is InChI=1S/C30H28N4O5/c1-18-21(9-6-10-24(18)34-30(36)39-17-19-7-4-3-5-8-19)23-16-32-28(29(31)35)27-26(23)22-12-11-20(15-25(22)33-27)38-14-13-37-2/h3-12,15-16,33H,13-14,17H2,1-2H3,(H2,31,35)(H,34,36). The third-order valence-corrected chi connectivity index (χ3v) is 6.46. The number of hydrogen-bond donors (Lipinski definition) is 3. The van der Waals surface area contributed by atoms with Gasteiger partial charge in [-0.3, -0.25) is 10.1 Å². The highest BCUT2D eigenvalue weighted by molar-refractivity contribution is 6.19. The van der Waals surface area contributed by atoms with Gasteiger partial charge in [-0.15, -0.1) is 0 Å². The van der Waals surface area contributed by atoms with Gasteiger partial charge in [0, 0.05) is 41.4 Å². The number of carbonyl (C=O) groups is 2. The predicted octanol–water partition coefficient (Wildman–Crippen LogP) is 5.56. The topological polar surface area (TPSA) is 129 Å². The molecule has 9 nitrogen and oxygen atoms in total. The molecule has 5 aromatic rings. The summed E-state index contributed by atoms with van der Waals surface area (Å²) in [6, 6.07) is 20.7. The monoisotopic (exact) mass is 524 g/mol. The number of pyridine rings is 1. The second kappa shape index (κ2) is 11.2. The minimum atomic E-state index is -0.636. The summed E-state index contributed by atoms with van der Waals surface area (Å²) >= 11 is 0. The summed E-state index contributed by atoms with van der Waals surface area (Å²) in [5, 5.41) is 4.52. The quantitative estimate of drug-likeness (QED) is 0.216. The van der Waals surface area contributed by atoms with Crippen LogP contribution in [0, 0.1) is 6.92 Å². The fourth-order valence-corrected chi connectivity index (χ4v) is 4.55. The molecule has 0 saturated heterocycles. The van der Waals surface area contributed by atoms with Crippen molar-refractivity contribution in [1.29, 1.82) is 0 Å². The molecule has 198 valence electrons. The van der Waals surface area contributed by atoms with Crippen LogP contribution in [0.5, 0.6) is 5.75 Å². The second-order valence-electron chi connectivity index (χ2n) is 8.97. The molecule has 3 aromatic carbocycles. The van der Waals surface area contributed by atoms with Gasteiger partial charge < -0.3 is 24.9 Å². The Kier molecular flexibility index (Phi) is 7.42. The zero-order chi connectivity index (χ0) is 27.4. The fourth-order valence-electron chi connectivity index (χ4n) is 4.55.